The molecule has 0 unspecified atom stereocenters. The molecule has 0 bridgehead atoms. The topological polar surface area (TPSA) is 87.7 Å². The van der Waals surface area contributed by atoms with Crippen molar-refractivity contribution >= 4 is 5.97 Å². The van der Waals surface area contributed by atoms with E-state index in [0.29, 0.717) is 37.4 Å². The van der Waals surface area contributed by atoms with Gasteiger partial charge < -0.3 is 4.74 Å². The van der Waals surface area contributed by atoms with Crippen LogP contribution in [0.4, 0.5) is 0 Å². The molecule has 0 saturated carbocycles. The van der Waals surface area contributed by atoms with Crippen LogP contribution in [0.2, 0.25) is 0 Å². The minimum atomic E-state index is -0.876. The van der Waals surface area contributed by atoms with Crippen LogP contribution in [0.1, 0.15) is 69.8 Å². The number of tetrazole rings is 1. The number of esters is 1. The molecule has 6 aromatic carbocycles. The Balaban J connectivity index is 1.16. The van der Waals surface area contributed by atoms with Gasteiger partial charge in [-0.1, -0.05) is 177 Å². The second-order valence-electron chi connectivity index (χ2n) is 14.0. The van der Waals surface area contributed by atoms with E-state index in [0.717, 1.165) is 62.3 Å². The van der Waals surface area contributed by atoms with Crippen molar-refractivity contribution < 1.29 is 9.53 Å². The Morgan fingerprint density at radius 1 is 0.596 bits per heavy atom. The van der Waals surface area contributed by atoms with Crippen molar-refractivity contribution in [1.29, 1.82) is 0 Å². The lowest BCUT2D eigenvalue weighted by Gasteiger charge is -2.34. The van der Waals surface area contributed by atoms with E-state index in [-0.39, 0.29) is 5.97 Å². The Kier molecular flexibility index (Phi) is 10.9. The Bertz CT molecular complexity index is 2450. The third-order valence-electron chi connectivity index (χ3n) is 10.4. The molecule has 2 aromatic heterocycles. The number of aryl methyl sites for hydroxylation is 1. The molecule has 0 N–H and O–H groups in total. The summed E-state index contributed by atoms with van der Waals surface area (Å²) in [6, 6.07) is 57.9. The molecule has 57 heavy (non-hydrogen) atoms. The maximum absolute atomic E-state index is 13.5. The zero-order chi connectivity index (χ0) is 39.0. The fraction of sp³-hybridized carbons (Fsp3) is 0.163. The number of ether oxygens (including phenoxy) is 1. The van der Waals surface area contributed by atoms with Crippen molar-refractivity contribution in [3.8, 4) is 22.5 Å². The molecule has 0 spiro atoms. The first-order valence-corrected chi connectivity index (χ1v) is 19.6. The van der Waals surface area contributed by atoms with Crippen LogP contribution in [0.5, 0.6) is 0 Å². The van der Waals surface area contributed by atoms with Crippen LogP contribution in [0.15, 0.2) is 170 Å². The van der Waals surface area contributed by atoms with Crippen molar-refractivity contribution in [2.45, 2.75) is 45.2 Å². The van der Waals surface area contributed by atoms with E-state index in [1.807, 2.05) is 103 Å². The largest absolute Gasteiger partial charge is 0.462 e. The van der Waals surface area contributed by atoms with Gasteiger partial charge in [-0.15, -0.1) is 15.0 Å². The lowest BCUT2D eigenvalue weighted by atomic mass is 9.77. The van der Waals surface area contributed by atoms with Crippen molar-refractivity contribution in [2.75, 3.05) is 6.61 Å². The van der Waals surface area contributed by atoms with Gasteiger partial charge in [-0.05, 0) is 57.5 Å². The Labute approximate surface area is 333 Å². The van der Waals surface area contributed by atoms with E-state index in [2.05, 4.69) is 85.8 Å². The minimum Gasteiger partial charge on any atom is -0.462 e. The van der Waals surface area contributed by atoms with E-state index in [1.54, 1.807) is 4.80 Å². The van der Waals surface area contributed by atoms with E-state index in [1.165, 1.54) is 0 Å². The highest BCUT2D eigenvalue weighted by atomic mass is 16.5. The zero-order valence-electron chi connectivity index (χ0n) is 32.2. The number of nitrogens with zero attached hydrogens (tertiary/aromatic N) is 6. The third kappa shape index (κ3) is 7.42. The second kappa shape index (κ2) is 16.8. The minimum absolute atomic E-state index is 0.296. The molecule has 0 amide bonds. The van der Waals surface area contributed by atoms with E-state index < -0.39 is 5.54 Å². The van der Waals surface area contributed by atoms with Gasteiger partial charge in [0.25, 0.3) is 0 Å². The van der Waals surface area contributed by atoms with E-state index in [9.17, 15) is 4.79 Å². The van der Waals surface area contributed by atoms with Gasteiger partial charge in [-0.2, -0.15) is 5.10 Å². The number of aromatic nitrogens is 6. The molecule has 0 saturated heterocycles. The molecule has 8 nitrogen and oxygen atoms in total. The van der Waals surface area contributed by atoms with Gasteiger partial charge in [0.05, 0.1) is 18.0 Å². The summed E-state index contributed by atoms with van der Waals surface area (Å²) in [4.78, 5) is 15.3. The Morgan fingerprint density at radius 3 is 1.68 bits per heavy atom. The molecule has 0 aliphatic heterocycles. The fourth-order valence-electron chi connectivity index (χ4n) is 7.75. The van der Waals surface area contributed by atoms with Crippen LogP contribution in [-0.4, -0.2) is 42.6 Å². The van der Waals surface area contributed by atoms with Crippen molar-refractivity contribution in [1.82, 2.24) is 30.0 Å². The molecule has 0 aliphatic carbocycles. The first kappa shape index (κ1) is 37.0. The molecule has 8 aromatic rings. The van der Waals surface area contributed by atoms with Crippen molar-refractivity contribution in [2.24, 2.45) is 0 Å². The van der Waals surface area contributed by atoms with Crippen molar-refractivity contribution in [3.05, 3.63) is 215 Å². The van der Waals surface area contributed by atoms with Crippen LogP contribution in [0, 0.1) is 0 Å². The summed E-state index contributed by atoms with van der Waals surface area (Å²) in [5, 5.41) is 19.7. The molecular weight excluding hydrogens is 705 g/mol. The molecule has 0 radical (unpaired) electrons. The number of rotatable bonds is 14. The number of carbonyl (C=O) groups is 1. The standard InChI is InChI=1S/C49H44N6O2/c1-3-33-54-45(46(48(56)57-4-2)44(51-54)34-36-19-9-5-10-20-36)35-37-29-31-38(32-30-37)42-27-17-18-28-43(42)47-50-53-55(52-47)49(39-21-11-6-12-22-39,40-23-13-7-14-24-40)41-25-15-8-16-26-41/h5-32H,3-4,33-35H2,1-2H3. The monoisotopic (exact) mass is 748 g/mol. The molecule has 0 atom stereocenters. The van der Waals surface area contributed by atoms with Crippen LogP contribution in [0.25, 0.3) is 22.5 Å². The van der Waals surface area contributed by atoms with Gasteiger partial charge in [0.1, 0.15) is 5.56 Å². The zero-order valence-corrected chi connectivity index (χ0v) is 32.2. The normalized spacial score (nSPS) is 11.4. The summed E-state index contributed by atoms with van der Waals surface area (Å²) < 4.78 is 7.58. The highest BCUT2D eigenvalue weighted by Gasteiger charge is 2.41. The molecule has 0 aliphatic rings. The summed E-state index contributed by atoms with van der Waals surface area (Å²) in [7, 11) is 0. The lowest BCUT2D eigenvalue weighted by Crippen LogP contribution is -2.39. The third-order valence-corrected chi connectivity index (χ3v) is 10.4. The van der Waals surface area contributed by atoms with Gasteiger partial charge in [0.15, 0.2) is 5.54 Å². The summed E-state index contributed by atoms with van der Waals surface area (Å²) in [6.07, 6.45) is 1.98. The van der Waals surface area contributed by atoms with Crippen molar-refractivity contribution in [3.63, 3.8) is 0 Å². The maximum Gasteiger partial charge on any atom is 0.341 e. The quantitative estimate of drug-likeness (QED) is 0.0813. The van der Waals surface area contributed by atoms with Gasteiger partial charge in [0, 0.05) is 24.9 Å². The molecule has 282 valence electrons. The first-order chi connectivity index (χ1) is 28.1. The summed E-state index contributed by atoms with van der Waals surface area (Å²) in [5.74, 6) is 0.193. The summed E-state index contributed by atoms with van der Waals surface area (Å²) >= 11 is 0. The van der Waals surface area contributed by atoms with Gasteiger partial charge >= 0.3 is 5.97 Å². The first-order valence-electron chi connectivity index (χ1n) is 19.6. The maximum atomic E-state index is 13.5. The Morgan fingerprint density at radius 2 is 1.12 bits per heavy atom. The molecular formula is C49H44N6O2. The lowest BCUT2D eigenvalue weighted by molar-refractivity contribution is 0.0524. The van der Waals surface area contributed by atoms with Gasteiger partial charge in [0.2, 0.25) is 5.82 Å². The SMILES string of the molecule is CCCn1nc(Cc2ccccc2)c(C(=O)OCC)c1Cc1ccc(-c2ccccc2-c2nnn(C(c3ccccc3)(c3ccccc3)c3ccccc3)n2)cc1. The summed E-state index contributed by atoms with van der Waals surface area (Å²) in [6.45, 7) is 4.96. The van der Waals surface area contributed by atoms with Crippen LogP contribution < -0.4 is 0 Å². The average molecular weight is 749 g/mol. The predicted octanol–water partition coefficient (Wildman–Crippen LogP) is 9.81. The fourth-order valence-corrected chi connectivity index (χ4v) is 7.75. The smallest absolute Gasteiger partial charge is 0.341 e. The molecule has 0 fully saturated rings. The van der Waals surface area contributed by atoms with Crippen LogP contribution >= 0.6 is 0 Å². The van der Waals surface area contributed by atoms with E-state index >= 15 is 0 Å². The van der Waals surface area contributed by atoms with Crippen LogP contribution in [0.3, 0.4) is 0 Å². The van der Waals surface area contributed by atoms with Crippen LogP contribution in [-0.2, 0) is 29.7 Å². The average Bonchev–Trinajstić information content (AvgIpc) is 3.88. The second-order valence-corrected chi connectivity index (χ2v) is 14.0. The predicted molar refractivity (Wildman–Crippen MR) is 224 cm³/mol. The Hall–Kier alpha value is -6.93. The molecule has 8 heteroatoms. The highest BCUT2D eigenvalue weighted by molar-refractivity contribution is 5.92. The number of hydrogen-bond donors (Lipinski definition) is 0. The molecule has 2 heterocycles. The van der Waals surface area contributed by atoms with E-state index in [4.69, 9.17) is 25.2 Å². The molecule has 8 rings (SSSR count). The number of benzene rings is 6. The number of hydrogen-bond acceptors (Lipinski definition) is 6. The highest BCUT2D eigenvalue weighted by Crippen LogP contribution is 2.40. The number of carbonyl (C=O) groups excluding carboxylic acids is 1. The van der Waals surface area contributed by atoms with Gasteiger partial charge in [-0.25, -0.2) is 4.79 Å². The summed E-state index contributed by atoms with van der Waals surface area (Å²) in [5.41, 5.74) is 9.40. The van der Waals surface area contributed by atoms with Gasteiger partial charge in [-0.3, -0.25) is 4.68 Å².